The molecule has 1 aromatic heterocycles. The van der Waals surface area contributed by atoms with Crippen molar-refractivity contribution in [3.63, 3.8) is 0 Å². The molecule has 12 heavy (non-hydrogen) atoms. The average molecular weight is 184 g/mol. The predicted molar refractivity (Wildman–Crippen MR) is 44.6 cm³/mol. The van der Waals surface area contributed by atoms with Gasteiger partial charge in [0.1, 0.15) is 10.8 Å². The molecule has 0 saturated heterocycles. The summed E-state index contributed by atoms with van der Waals surface area (Å²) in [5.74, 6) is -0.137. The first kappa shape index (κ1) is 8.87. The first-order chi connectivity index (χ1) is 5.63. The van der Waals surface area contributed by atoms with Gasteiger partial charge < -0.3 is 0 Å². The van der Waals surface area contributed by atoms with Crippen molar-refractivity contribution in [3.05, 3.63) is 28.5 Å². The summed E-state index contributed by atoms with van der Waals surface area (Å²) in [6.45, 7) is 1.40. The van der Waals surface area contributed by atoms with Gasteiger partial charge in [-0.1, -0.05) is 11.6 Å². The second-order valence-electron chi connectivity index (χ2n) is 2.28. The topological polar surface area (TPSA) is 47.0 Å². The lowest BCUT2D eigenvalue weighted by Gasteiger charge is -1.96. The number of hydrogen-bond donors (Lipinski definition) is 0. The predicted octanol–water partition coefficient (Wildman–Crippen LogP) is 1.75. The largest absolute Gasteiger partial charge is 0.296 e. The molecule has 0 aromatic carbocycles. The fourth-order valence-corrected chi connectivity index (χ4v) is 0.996. The Kier molecular flexibility index (Phi) is 2.55. The fourth-order valence-electron chi connectivity index (χ4n) is 0.781. The SMILES string of the molecule is CC(=O)c1cc(Cl)nc(C=O)c1. The Morgan fingerprint density at radius 3 is 2.75 bits per heavy atom. The zero-order valence-electron chi connectivity index (χ0n) is 6.37. The van der Waals surface area contributed by atoms with E-state index in [2.05, 4.69) is 4.98 Å². The highest BCUT2D eigenvalue weighted by Crippen LogP contribution is 2.10. The third-order valence-corrected chi connectivity index (χ3v) is 1.53. The molecule has 0 radical (unpaired) electrons. The van der Waals surface area contributed by atoms with Crippen molar-refractivity contribution in [2.75, 3.05) is 0 Å². The number of rotatable bonds is 2. The normalized spacial score (nSPS) is 9.50. The maximum Gasteiger partial charge on any atom is 0.168 e. The van der Waals surface area contributed by atoms with Crippen molar-refractivity contribution in [2.24, 2.45) is 0 Å². The molecule has 0 aliphatic heterocycles. The number of carbonyl (C=O) groups excluding carboxylic acids is 2. The molecule has 0 amide bonds. The number of pyridine rings is 1. The summed E-state index contributed by atoms with van der Waals surface area (Å²) in [5, 5.41) is 0.157. The minimum atomic E-state index is -0.137. The molecule has 1 rings (SSSR count). The van der Waals surface area contributed by atoms with E-state index in [4.69, 9.17) is 11.6 Å². The van der Waals surface area contributed by atoms with Crippen molar-refractivity contribution in [2.45, 2.75) is 6.92 Å². The molecule has 62 valence electrons. The third kappa shape index (κ3) is 1.89. The summed E-state index contributed by atoms with van der Waals surface area (Å²) in [5.41, 5.74) is 0.574. The standard InChI is InChI=1S/C8H6ClNO2/c1-5(12)6-2-7(4-11)10-8(9)3-6/h2-4H,1H3. The van der Waals surface area contributed by atoms with Gasteiger partial charge in [0.15, 0.2) is 12.1 Å². The zero-order valence-corrected chi connectivity index (χ0v) is 7.13. The lowest BCUT2D eigenvalue weighted by molar-refractivity contribution is 0.101. The van der Waals surface area contributed by atoms with Gasteiger partial charge in [0.25, 0.3) is 0 Å². The number of nitrogens with zero attached hydrogens (tertiary/aromatic N) is 1. The minimum Gasteiger partial charge on any atom is -0.296 e. The maximum atomic E-state index is 10.9. The van der Waals surface area contributed by atoms with Gasteiger partial charge in [-0.15, -0.1) is 0 Å². The summed E-state index contributed by atoms with van der Waals surface area (Å²) in [6, 6.07) is 2.83. The molecule has 4 heteroatoms. The van der Waals surface area contributed by atoms with Crippen LogP contribution >= 0.6 is 11.6 Å². The van der Waals surface area contributed by atoms with Crippen LogP contribution in [0.2, 0.25) is 5.15 Å². The van der Waals surface area contributed by atoms with E-state index in [0.717, 1.165) is 0 Å². The van der Waals surface area contributed by atoms with Crippen LogP contribution in [0.5, 0.6) is 0 Å². The number of ketones is 1. The van der Waals surface area contributed by atoms with Crippen LogP contribution in [0.15, 0.2) is 12.1 Å². The molecule has 0 aliphatic rings. The molecule has 0 atom stereocenters. The Hall–Kier alpha value is -1.22. The highest BCUT2D eigenvalue weighted by Gasteiger charge is 2.03. The van der Waals surface area contributed by atoms with E-state index < -0.39 is 0 Å². The van der Waals surface area contributed by atoms with Gasteiger partial charge in [-0.05, 0) is 19.1 Å². The first-order valence-electron chi connectivity index (χ1n) is 3.27. The van der Waals surface area contributed by atoms with E-state index in [-0.39, 0.29) is 16.6 Å². The quantitative estimate of drug-likeness (QED) is 0.399. The molecule has 0 fully saturated rings. The van der Waals surface area contributed by atoms with Crippen molar-refractivity contribution in [1.82, 2.24) is 4.98 Å². The van der Waals surface area contributed by atoms with E-state index in [1.807, 2.05) is 0 Å². The molecule has 1 heterocycles. The summed E-state index contributed by atoms with van der Waals surface area (Å²) in [7, 11) is 0. The average Bonchev–Trinajstić information content (AvgIpc) is 2.03. The van der Waals surface area contributed by atoms with Gasteiger partial charge in [0, 0.05) is 5.56 Å². The molecule has 0 saturated carbocycles. The molecule has 0 aliphatic carbocycles. The molecule has 0 unspecified atom stereocenters. The molecular formula is C8H6ClNO2. The van der Waals surface area contributed by atoms with E-state index in [1.54, 1.807) is 0 Å². The Labute approximate surface area is 74.4 Å². The lowest BCUT2D eigenvalue weighted by atomic mass is 10.2. The van der Waals surface area contributed by atoms with Crippen LogP contribution in [0.4, 0.5) is 0 Å². The molecule has 0 N–H and O–H groups in total. The Morgan fingerprint density at radius 2 is 2.25 bits per heavy atom. The second kappa shape index (κ2) is 3.45. The van der Waals surface area contributed by atoms with E-state index in [1.165, 1.54) is 19.1 Å². The van der Waals surface area contributed by atoms with Crippen LogP contribution in [0.25, 0.3) is 0 Å². The smallest absolute Gasteiger partial charge is 0.168 e. The van der Waals surface area contributed by atoms with Gasteiger partial charge in [-0.3, -0.25) is 9.59 Å². The maximum absolute atomic E-state index is 10.9. The van der Waals surface area contributed by atoms with Crippen LogP contribution in [0.1, 0.15) is 27.8 Å². The van der Waals surface area contributed by atoms with E-state index in [9.17, 15) is 9.59 Å². The monoisotopic (exact) mass is 183 g/mol. The van der Waals surface area contributed by atoms with Gasteiger partial charge in [-0.25, -0.2) is 4.98 Å². The van der Waals surface area contributed by atoms with Crippen LogP contribution in [-0.2, 0) is 0 Å². The first-order valence-corrected chi connectivity index (χ1v) is 3.65. The van der Waals surface area contributed by atoms with Crippen molar-refractivity contribution in [1.29, 1.82) is 0 Å². The van der Waals surface area contributed by atoms with E-state index >= 15 is 0 Å². The van der Waals surface area contributed by atoms with Gasteiger partial charge >= 0.3 is 0 Å². The molecule has 0 spiro atoms. The summed E-state index contributed by atoms with van der Waals surface area (Å²) >= 11 is 5.55. The molecule has 3 nitrogen and oxygen atoms in total. The third-order valence-electron chi connectivity index (χ3n) is 1.34. The van der Waals surface area contributed by atoms with E-state index in [0.29, 0.717) is 11.8 Å². The minimum absolute atomic E-state index is 0.137. The van der Waals surface area contributed by atoms with Crippen molar-refractivity contribution < 1.29 is 9.59 Å². The number of aromatic nitrogens is 1. The highest BCUT2D eigenvalue weighted by atomic mass is 35.5. The van der Waals surface area contributed by atoms with Crippen molar-refractivity contribution in [3.8, 4) is 0 Å². The molecule has 0 bridgehead atoms. The van der Waals surface area contributed by atoms with Crippen molar-refractivity contribution >= 4 is 23.7 Å². The lowest BCUT2D eigenvalue weighted by Crippen LogP contribution is -1.96. The van der Waals surface area contributed by atoms with Crippen LogP contribution < -0.4 is 0 Å². The number of carbonyl (C=O) groups is 2. The fraction of sp³-hybridized carbons (Fsp3) is 0.125. The molecular weight excluding hydrogens is 178 g/mol. The summed E-state index contributed by atoms with van der Waals surface area (Å²) in [6.07, 6.45) is 0.554. The van der Waals surface area contributed by atoms with Crippen LogP contribution in [0.3, 0.4) is 0 Å². The molecule has 1 aromatic rings. The Morgan fingerprint density at radius 1 is 1.58 bits per heavy atom. The summed E-state index contributed by atoms with van der Waals surface area (Å²) < 4.78 is 0. The Bertz CT molecular complexity index is 336. The van der Waals surface area contributed by atoms with Gasteiger partial charge in [-0.2, -0.15) is 0 Å². The number of aldehydes is 1. The Balaban J connectivity index is 3.23. The van der Waals surface area contributed by atoms with Gasteiger partial charge in [0.05, 0.1) is 0 Å². The zero-order chi connectivity index (χ0) is 9.14. The number of Topliss-reactive ketones (excluding diaryl/α,β-unsaturated/α-hetero) is 1. The highest BCUT2D eigenvalue weighted by molar-refractivity contribution is 6.29. The summed E-state index contributed by atoms with van der Waals surface area (Å²) in [4.78, 5) is 24.8. The number of halogens is 1. The van der Waals surface area contributed by atoms with Gasteiger partial charge in [0.2, 0.25) is 0 Å². The van der Waals surface area contributed by atoms with Crippen LogP contribution in [-0.4, -0.2) is 17.1 Å². The van der Waals surface area contributed by atoms with Crippen LogP contribution in [0, 0.1) is 0 Å². The number of hydrogen-bond acceptors (Lipinski definition) is 3. The second-order valence-corrected chi connectivity index (χ2v) is 2.66.